The summed E-state index contributed by atoms with van der Waals surface area (Å²) in [4.78, 5) is 109. The molecule has 6 amide bonds. The predicted octanol–water partition coefficient (Wildman–Crippen LogP) is 11.4. The number of piperidine rings is 2. The molecule has 24 heteroatoms. The maximum absolute atomic E-state index is 14.3. The number of rotatable bonds is 13. The number of hydrogen-bond donors (Lipinski definition) is 1. The monoisotopic (exact) mass is 1290 g/mol. The third-order valence-electron chi connectivity index (χ3n) is 17.0. The molecule has 2 aliphatic carbocycles. The highest BCUT2D eigenvalue weighted by molar-refractivity contribution is 6.07. The van der Waals surface area contributed by atoms with E-state index in [0.29, 0.717) is 120 Å². The van der Waals surface area contributed by atoms with Crippen molar-refractivity contribution in [3.05, 3.63) is 83.2 Å². The minimum Gasteiger partial charge on any atom is -0.493 e. The molecule has 0 bridgehead atoms. The van der Waals surface area contributed by atoms with Gasteiger partial charge in [-0.05, 0) is 219 Å². The summed E-state index contributed by atoms with van der Waals surface area (Å²) < 4.78 is 39.8. The highest BCUT2D eigenvalue weighted by Gasteiger charge is 2.42. The van der Waals surface area contributed by atoms with Crippen molar-refractivity contribution in [2.75, 3.05) is 79.2 Å². The van der Waals surface area contributed by atoms with Gasteiger partial charge in [0.1, 0.15) is 45.5 Å². The molecule has 6 heterocycles. The quantitative estimate of drug-likeness (QED) is 0.122. The molecule has 93 heavy (non-hydrogen) atoms. The Morgan fingerprint density at radius 2 is 0.925 bits per heavy atom. The number of ether oxygens (including phenoxy) is 7. The zero-order chi connectivity index (χ0) is 67.2. The number of amides is 6. The summed E-state index contributed by atoms with van der Waals surface area (Å²) >= 11 is 0. The molecule has 4 atom stereocenters. The summed E-state index contributed by atoms with van der Waals surface area (Å²) in [5.41, 5.74) is 0.345. The summed E-state index contributed by atoms with van der Waals surface area (Å²) in [6.45, 7) is 25.9. The summed E-state index contributed by atoms with van der Waals surface area (Å²) in [6.07, 6.45) is 8.77. The third-order valence-corrected chi connectivity index (χ3v) is 17.0. The Morgan fingerprint density at radius 1 is 0.527 bits per heavy atom. The zero-order valence-corrected chi connectivity index (χ0v) is 56.6. The van der Waals surface area contributed by atoms with Crippen LogP contribution in [0.25, 0.3) is 0 Å². The van der Waals surface area contributed by atoms with Gasteiger partial charge in [-0.25, -0.2) is 38.9 Å². The van der Waals surface area contributed by atoms with Crippen LogP contribution in [0.2, 0.25) is 0 Å². The number of aromatic nitrogens is 4. The first-order chi connectivity index (χ1) is 43.9. The lowest BCUT2D eigenvalue weighted by Gasteiger charge is -2.36. The molecule has 2 saturated heterocycles. The van der Waals surface area contributed by atoms with Crippen LogP contribution in [0.4, 0.5) is 42.7 Å². The van der Waals surface area contributed by atoms with E-state index in [9.17, 15) is 33.9 Å². The van der Waals surface area contributed by atoms with Gasteiger partial charge in [0.15, 0.2) is 0 Å². The standard InChI is InChI=1S/C35H49N5O7.C34H47N5O7/c1-34(2,3)46-32(42)38-18-14-23(15-19-38)22-39(30(41)25-11-12-27-24(21-25)16-20-45-27)29-13-17-36-31(37-29)40(33(43)47-35(4,5)6)26-9-8-10-28(26)44-7;1-33(2,3)45-31(42)37-17-13-22(14-18-37)21-38(29(41)24-10-11-27-23(20-24)15-19-44-27)28-12-16-35-30(36-28)39(25-8-7-9-26(25)40)32(43)46-34(4,5)6/h11-13,17,21,23,26,28H,8-10,14-16,18-20,22H2,1-7H3;10-12,16,20,22,25-26,40H,7-9,13-15,17-19,21H2,1-6H3/t26?,28-;25?,26-/m00/s1. The first kappa shape index (κ1) is 69.5. The molecule has 0 radical (unpaired) electrons. The van der Waals surface area contributed by atoms with Gasteiger partial charge in [-0.15, -0.1) is 0 Å². The molecule has 506 valence electrons. The average Bonchev–Trinajstić information content (AvgIpc) is 1.74. The molecule has 2 aromatic heterocycles. The van der Waals surface area contributed by atoms with Crippen molar-refractivity contribution in [1.82, 2.24) is 29.7 Å². The van der Waals surface area contributed by atoms with Gasteiger partial charge in [-0.3, -0.25) is 19.4 Å². The average molecular weight is 1290 g/mol. The fourth-order valence-corrected chi connectivity index (χ4v) is 12.5. The van der Waals surface area contributed by atoms with E-state index in [1.54, 1.807) is 77.9 Å². The van der Waals surface area contributed by atoms with Gasteiger partial charge in [0.2, 0.25) is 11.9 Å². The summed E-state index contributed by atoms with van der Waals surface area (Å²) in [5, 5.41) is 10.8. The Bertz CT molecular complexity index is 3300. The normalized spacial score (nSPS) is 20.0. The Kier molecular flexibility index (Phi) is 21.8. The molecule has 2 aromatic carbocycles. The number of aliphatic hydroxyl groups excluding tert-OH is 1. The first-order valence-corrected chi connectivity index (χ1v) is 32.9. The number of methoxy groups -OCH3 is 1. The molecule has 10 rings (SSSR count). The summed E-state index contributed by atoms with van der Waals surface area (Å²) in [5.74, 6) is 2.25. The summed E-state index contributed by atoms with van der Waals surface area (Å²) in [6, 6.07) is 13.4. The number of aliphatic hydroxyl groups is 1. The van der Waals surface area contributed by atoms with E-state index in [-0.39, 0.29) is 59.9 Å². The van der Waals surface area contributed by atoms with Crippen LogP contribution in [-0.4, -0.2) is 177 Å². The van der Waals surface area contributed by atoms with Crippen LogP contribution in [0.15, 0.2) is 60.9 Å². The van der Waals surface area contributed by atoms with Crippen molar-refractivity contribution < 1.29 is 67.0 Å². The summed E-state index contributed by atoms with van der Waals surface area (Å²) in [7, 11) is 1.64. The van der Waals surface area contributed by atoms with E-state index in [2.05, 4.69) is 9.97 Å². The number of fused-ring (bicyclic) bond motifs is 2. The van der Waals surface area contributed by atoms with Crippen LogP contribution in [0.5, 0.6) is 11.5 Å². The highest BCUT2D eigenvalue weighted by Crippen LogP contribution is 2.36. The fraction of sp³-hybridized carbons (Fsp3) is 0.623. The van der Waals surface area contributed by atoms with Crippen molar-refractivity contribution in [3.63, 3.8) is 0 Å². The van der Waals surface area contributed by atoms with E-state index < -0.39 is 46.7 Å². The van der Waals surface area contributed by atoms with Crippen LogP contribution >= 0.6 is 0 Å². The topological polar surface area (TPSA) is 258 Å². The van der Waals surface area contributed by atoms with Gasteiger partial charge in [0, 0.05) is 82.7 Å². The second-order valence-electron chi connectivity index (χ2n) is 29.0. The number of anilines is 4. The minimum atomic E-state index is -0.774. The van der Waals surface area contributed by atoms with Crippen molar-refractivity contribution in [2.24, 2.45) is 11.8 Å². The number of carbonyl (C=O) groups is 6. The lowest BCUT2D eigenvalue weighted by atomic mass is 9.96. The predicted molar refractivity (Wildman–Crippen MR) is 349 cm³/mol. The molecule has 6 aliphatic rings. The molecule has 4 aliphatic heterocycles. The number of benzene rings is 2. The smallest absolute Gasteiger partial charge is 0.417 e. The number of nitrogens with zero attached hydrogens (tertiary/aromatic N) is 10. The second-order valence-corrected chi connectivity index (χ2v) is 29.0. The zero-order valence-electron chi connectivity index (χ0n) is 56.6. The largest absolute Gasteiger partial charge is 0.493 e. The van der Waals surface area contributed by atoms with Crippen molar-refractivity contribution >= 4 is 59.7 Å². The van der Waals surface area contributed by atoms with Crippen LogP contribution in [0.1, 0.15) is 179 Å². The second kappa shape index (κ2) is 29.2. The van der Waals surface area contributed by atoms with E-state index in [4.69, 9.17) is 43.1 Å². The van der Waals surface area contributed by atoms with E-state index in [1.807, 2.05) is 86.6 Å². The van der Waals surface area contributed by atoms with Crippen LogP contribution in [0.3, 0.4) is 0 Å². The highest BCUT2D eigenvalue weighted by atomic mass is 16.6. The van der Waals surface area contributed by atoms with E-state index in [1.165, 1.54) is 16.0 Å². The van der Waals surface area contributed by atoms with E-state index >= 15 is 0 Å². The Morgan fingerprint density at radius 3 is 1.31 bits per heavy atom. The number of hydrogen-bond acceptors (Lipinski definition) is 18. The Balaban J connectivity index is 0.000000219. The molecule has 4 aromatic rings. The van der Waals surface area contributed by atoms with Crippen molar-refractivity contribution in [1.29, 1.82) is 0 Å². The molecule has 4 fully saturated rings. The van der Waals surface area contributed by atoms with Gasteiger partial charge in [-0.1, -0.05) is 0 Å². The van der Waals surface area contributed by atoms with Gasteiger partial charge >= 0.3 is 24.4 Å². The molecular formula is C69H96N10O14. The molecule has 1 N–H and O–H groups in total. The minimum absolute atomic E-state index is 0.0672. The Labute approximate surface area is 546 Å². The molecule has 2 unspecified atom stereocenters. The van der Waals surface area contributed by atoms with Crippen LogP contribution in [-0.2, 0) is 36.5 Å². The number of carbonyl (C=O) groups excluding carboxylic acids is 6. The van der Waals surface area contributed by atoms with Gasteiger partial charge in [0.25, 0.3) is 11.8 Å². The van der Waals surface area contributed by atoms with Crippen molar-refractivity contribution in [2.45, 2.75) is 207 Å². The molecule has 0 spiro atoms. The van der Waals surface area contributed by atoms with Gasteiger partial charge in [0.05, 0.1) is 37.5 Å². The lowest BCUT2D eigenvalue weighted by Crippen LogP contribution is -2.48. The third kappa shape index (κ3) is 18.3. The molecular weight excluding hydrogens is 1190 g/mol. The van der Waals surface area contributed by atoms with Crippen LogP contribution < -0.4 is 29.1 Å². The lowest BCUT2D eigenvalue weighted by molar-refractivity contribution is 0.0176. The SMILES string of the molecule is CC(C)(C)OC(=O)N1CCC(CN(C(=O)c2ccc3c(c2)CCO3)c2ccnc(N(C(=O)OC(C)(C)C)C3CCC[C@@H]3O)n2)CC1.CO[C@H]1CCCC1N(C(=O)OC(C)(C)C)c1nccc(N(CC2CCN(C(=O)OC(C)(C)C)CC2)C(=O)c2ccc3c(c2)CCO3)n1. The van der Waals surface area contributed by atoms with Crippen molar-refractivity contribution in [3.8, 4) is 11.5 Å². The molecule has 24 nitrogen and oxygen atoms in total. The van der Waals surface area contributed by atoms with Crippen LogP contribution in [0, 0.1) is 11.8 Å². The van der Waals surface area contributed by atoms with Gasteiger partial charge < -0.3 is 48.1 Å². The van der Waals surface area contributed by atoms with Gasteiger partial charge in [-0.2, -0.15) is 9.97 Å². The molecule has 2 saturated carbocycles. The number of likely N-dealkylation sites (tertiary alicyclic amines) is 2. The fourth-order valence-electron chi connectivity index (χ4n) is 12.5. The van der Waals surface area contributed by atoms with E-state index in [0.717, 1.165) is 54.7 Å². The maximum Gasteiger partial charge on any atom is 0.417 e. The maximum atomic E-state index is 14.3. The Hall–Kier alpha value is -7.86. The first-order valence-electron chi connectivity index (χ1n) is 32.9.